The molecule has 1 amide bonds. The van der Waals surface area contributed by atoms with Crippen molar-refractivity contribution in [3.8, 4) is 23.5 Å². The summed E-state index contributed by atoms with van der Waals surface area (Å²) in [5, 5.41) is 1.02. The van der Waals surface area contributed by atoms with Gasteiger partial charge in [-0.3, -0.25) is 4.79 Å². The summed E-state index contributed by atoms with van der Waals surface area (Å²) in [4.78, 5) is 24.0. The first-order valence-corrected chi connectivity index (χ1v) is 6.50. The van der Waals surface area contributed by atoms with Gasteiger partial charge in [0.05, 0.1) is 6.54 Å². The number of aromatic nitrogens is 3. The molecular weight excluding hydrogens is 264 g/mol. The van der Waals surface area contributed by atoms with E-state index in [-0.39, 0.29) is 12.5 Å². The van der Waals surface area contributed by atoms with Gasteiger partial charge in [0.2, 0.25) is 0 Å². The topological polar surface area (TPSA) is 64.8 Å². The van der Waals surface area contributed by atoms with E-state index in [0.29, 0.717) is 5.69 Å². The van der Waals surface area contributed by atoms with Gasteiger partial charge < -0.3 is 14.9 Å². The fraction of sp³-hybridized carbons (Fsp3) is 0.125. The van der Waals surface area contributed by atoms with Crippen LogP contribution in [0.4, 0.5) is 0 Å². The van der Waals surface area contributed by atoms with Gasteiger partial charge in [0.15, 0.2) is 0 Å². The fourth-order valence-electron chi connectivity index (χ4n) is 2.30. The van der Waals surface area contributed by atoms with Gasteiger partial charge in [0.1, 0.15) is 11.3 Å². The molecule has 0 atom stereocenters. The summed E-state index contributed by atoms with van der Waals surface area (Å²) in [6.45, 7) is 0.282. The van der Waals surface area contributed by atoms with Crippen molar-refractivity contribution < 1.29 is 4.79 Å². The Balaban J connectivity index is 1.97. The molecule has 3 aromatic rings. The Morgan fingerprint density at radius 3 is 3.10 bits per heavy atom. The third kappa shape index (κ3) is 2.28. The summed E-state index contributed by atoms with van der Waals surface area (Å²) in [6, 6.07) is 5.73. The van der Waals surface area contributed by atoms with Crippen molar-refractivity contribution in [3.05, 3.63) is 42.5 Å². The minimum Gasteiger partial charge on any atom is -0.357 e. The molecule has 5 heteroatoms. The van der Waals surface area contributed by atoms with Crippen LogP contribution in [0.3, 0.4) is 0 Å². The number of hydrogen-bond acceptors (Lipinski definition) is 2. The molecule has 0 fully saturated rings. The zero-order valence-corrected chi connectivity index (χ0v) is 11.6. The third-order valence-electron chi connectivity index (χ3n) is 3.36. The molecule has 0 aliphatic heterocycles. The quantitative estimate of drug-likeness (QED) is 0.722. The van der Waals surface area contributed by atoms with Crippen molar-refractivity contribution in [2.24, 2.45) is 0 Å². The van der Waals surface area contributed by atoms with Gasteiger partial charge >= 0.3 is 0 Å². The lowest BCUT2D eigenvalue weighted by Gasteiger charge is -2.11. The lowest BCUT2D eigenvalue weighted by atomic mass is 10.1. The Bertz CT molecular complexity index is 837. The molecule has 0 aliphatic rings. The number of terminal acetylenes is 1. The summed E-state index contributed by atoms with van der Waals surface area (Å²) in [5.41, 5.74) is 3.31. The van der Waals surface area contributed by atoms with Crippen molar-refractivity contribution >= 4 is 16.9 Å². The predicted octanol–water partition coefficient (Wildman–Crippen LogP) is 2.26. The molecule has 3 rings (SSSR count). The van der Waals surface area contributed by atoms with Crippen molar-refractivity contribution in [3.63, 3.8) is 0 Å². The van der Waals surface area contributed by atoms with Gasteiger partial charge in [0.25, 0.3) is 5.91 Å². The van der Waals surface area contributed by atoms with Crippen LogP contribution < -0.4 is 0 Å². The molecule has 5 nitrogen and oxygen atoms in total. The molecule has 21 heavy (non-hydrogen) atoms. The van der Waals surface area contributed by atoms with Crippen LogP contribution in [0.2, 0.25) is 0 Å². The molecular formula is C16H14N4O. The maximum absolute atomic E-state index is 12.2. The van der Waals surface area contributed by atoms with E-state index >= 15 is 0 Å². The van der Waals surface area contributed by atoms with E-state index in [4.69, 9.17) is 6.42 Å². The molecule has 104 valence electrons. The Morgan fingerprint density at radius 1 is 1.43 bits per heavy atom. The van der Waals surface area contributed by atoms with Gasteiger partial charge in [-0.25, -0.2) is 4.98 Å². The van der Waals surface area contributed by atoms with E-state index in [1.807, 2.05) is 30.6 Å². The van der Waals surface area contributed by atoms with Gasteiger partial charge in [-0.05, 0) is 23.8 Å². The first kappa shape index (κ1) is 13.0. The van der Waals surface area contributed by atoms with Crippen LogP contribution in [0.5, 0.6) is 0 Å². The number of fused-ring (bicyclic) bond motifs is 1. The number of nitrogens with one attached hydrogen (secondary N) is 2. The minimum atomic E-state index is -0.126. The number of aromatic amines is 2. The summed E-state index contributed by atoms with van der Waals surface area (Å²) < 4.78 is 0. The summed E-state index contributed by atoms with van der Waals surface area (Å²) in [7, 11) is 1.68. The van der Waals surface area contributed by atoms with E-state index in [9.17, 15) is 4.79 Å². The van der Waals surface area contributed by atoms with Crippen molar-refractivity contribution in [1.29, 1.82) is 0 Å². The normalized spacial score (nSPS) is 10.5. The summed E-state index contributed by atoms with van der Waals surface area (Å²) in [5.74, 6) is 2.33. The van der Waals surface area contributed by atoms with E-state index in [1.54, 1.807) is 13.2 Å². The first-order valence-electron chi connectivity index (χ1n) is 6.50. The molecule has 0 saturated carbocycles. The van der Waals surface area contributed by atoms with E-state index in [1.165, 1.54) is 4.90 Å². The molecule has 0 saturated heterocycles. The Kier molecular flexibility index (Phi) is 3.20. The van der Waals surface area contributed by atoms with E-state index < -0.39 is 0 Å². The monoisotopic (exact) mass is 278 g/mol. The zero-order valence-electron chi connectivity index (χ0n) is 11.6. The largest absolute Gasteiger partial charge is 0.357 e. The number of rotatable bonds is 3. The van der Waals surface area contributed by atoms with Crippen LogP contribution in [-0.4, -0.2) is 39.4 Å². The number of carbonyl (C=O) groups is 1. The number of nitrogens with zero attached hydrogens (tertiary/aromatic N) is 2. The fourth-order valence-corrected chi connectivity index (χ4v) is 2.30. The molecule has 0 radical (unpaired) electrons. The van der Waals surface area contributed by atoms with Crippen LogP contribution >= 0.6 is 0 Å². The molecule has 0 aliphatic carbocycles. The third-order valence-corrected chi connectivity index (χ3v) is 3.36. The average molecular weight is 278 g/mol. The second-order valence-corrected chi connectivity index (χ2v) is 4.77. The molecule has 2 N–H and O–H groups in total. The summed E-state index contributed by atoms with van der Waals surface area (Å²) in [6.07, 6.45) is 10.6. The van der Waals surface area contributed by atoms with Gasteiger partial charge in [-0.15, -0.1) is 6.42 Å². The molecule has 0 unspecified atom stereocenters. The van der Waals surface area contributed by atoms with Crippen LogP contribution in [0, 0.1) is 12.3 Å². The van der Waals surface area contributed by atoms with Gasteiger partial charge in [-0.2, -0.15) is 0 Å². The second kappa shape index (κ2) is 5.17. The van der Waals surface area contributed by atoms with Gasteiger partial charge in [-0.1, -0.05) is 5.92 Å². The van der Waals surface area contributed by atoms with Crippen molar-refractivity contribution in [2.75, 3.05) is 13.6 Å². The van der Waals surface area contributed by atoms with Crippen LogP contribution in [0.25, 0.3) is 22.2 Å². The Morgan fingerprint density at radius 2 is 2.29 bits per heavy atom. The van der Waals surface area contributed by atoms with Crippen LogP contribution in [0.1, 0.15) is 10.5 Å². The first-order chi connectivity index (χ1) is 10.2. The number of carbonyl (C=O) groups excluding carboxylic acids is 1. The number of pyridine rings is 1. The molecule has 0 aromatic carbocycles. The smallest absolute Gasteiger partial charge is 0.270 e. The highest BCUT2D eigenvalue weighted by atomic mass is 16.2. The lowest BCUT2D eigenvalue weighted by Crippen LogP contribution is -2.27. The zero-order chi connectivity index (χ0) is 14.8. The lowest BCUT2D eigenvalue weighted by molar-refractivity contribution is 0.0807. The van der Waals surface area contributed by atoms with E-state index in [2.05, 4.69) is 20.9 Å². The van der Waals surface area contributed by atoms with Crippen LogP contribution in [0.15, 0.2) is 36.8 Å². The van der Waals surface area contributed by atoms with Crippen molar-refractivity contribution in [1.82, 2.24) is 19.9 Å². The number of H-pyrrole nitrogens is 2. The molecule has 3 aromatic heterocycles. The minimum absolute atomic E-state index is 0.126. The molecule has 0 spiro atoms. The standard InChI is InChI=1S/C16H14N4O/c1-3-8-20(2)16(21)14-9-11(10-19-14)12-4-6-17-15-13(12)5-7-18-15/h1,4-7,9-10,19H,8H2,2H3,(H,17,18). The number of hydrogen-bond donors (Lipinski definition) is 2. The van der Waals surface area contributed by atoms with E-state index in [0.717, 1.165) is 22.2 Å². The maximum atomic E-state index is 12.2. The average Bonchev–Trinajstić information content (AvgIpc) is 3.15. The maximum Gasteiger partial charge on any atom is 0.270 e. The van der Waals surface area contributed by atoms with Crippen molar-refractivity contribution in [2.45, 2.75) is 0 Å². The second-order valence-electron chi connectivity index (χ2n) is 4.77. The molecule has 0 bridgehead atoms. The number of amides is 1. The highest BCUT2D eigenvalue weighted by Gasteiger charge is 2.14. The van der Waals surface area contributed by atoms with Gasteiger partial charge in [0, 0.05) is 36.6 Å². The van der Waals surface area contributed by atoms with Crippen LogP contribution in [-0.2, 0) is 0 Å². The SMILES string of the molecule is C#CCN(C)C(=O)c1cc(-c2ccnc3[nH]ccc23)c[nH]1. The molecule has 3 heterocycles. The predicted molar refractivity (Wildman–Crippen MR) is 81.7 cm³/mol. The highest BCUT2D eigenvalue weighted by Crippen LogP contribution is 2.27. The Labute approximate surface area is 122 Å². The highest BCUT2D eigenvalue weighted by molar-refractivity contribution is 5.97. The summed E-state index contributed by atoms with van der Waals surface area (Å²) >= 11 is 0. The Hall–Kier alpha value is -3.00.